The van der Waals surface area contributed by atoms with Gasteiger partial charge in [-0.1, -0.05) is 36.4 Å². The molecule has 0 saturated carbocycles. The summed E-state index contributed by atoms with van der Waals surface area (Å²) in [5.74, 6) is 0.264. The normalized spacial score (nSPS) is 16.0. The van der Waals surface area contributed by atoms with E-state index in [4.69, 9.17) is 11.6 Å². The van der Waals surface area contributed by atoms with Crippen LogP contribution >= 0.6 is 11.6 Å². The van der Waals surface area contributed by atoms with Gasteiger partial charge >= 0.3 is 0 Å². The Kier molecular flexibility index (Phi) is 5.41. The van der Waals surface area contributed by atoms with Crippen LogP contribution in [0.3, 0.4) is 0 Å². The second-order valence-corrected chi connectivity index (χ2v) is 6.40. The van der Waals surface area contributed by atoms with Crippen LogP contribution in [0.15, 0.2) is 55.1 Å². The number of nitrogens with one attached hydrogen (secondary N) is 1. The maximum Gasteiger partial charge on any atom is 0.115 e. The Bertz CT molecular complexity index is 694. The summed E-state index contributed by atoms with van der Waals surface area (Å²) in [5.41, 5.74) is 6.35. The van der Waals surface area contributed by atoms with Crippen LogP contribution in [0.25, 0.3) is 5.70 Å². The molecule has 1 heterocycles. The van der Waals surface area contributed by atoms with Gasteiger partial charge in [0.1, 0.15) is 5.75 Å². The van der Waals surface area contributed by atoms with Crippen LogP contribution in [0.2, 0.25) is 5.02 Å². The highest BCUT2D eigenvalue weighted by atomic mass is 35.5. The van der Waals surface area contributed by atoms with Crippen LogP contribution in [-0.2, 0) is 6.54 Å². The monoisotopic (exact) mass is 343 g/mol. The van der Waals surface area contributed by atoms with E-state index in [-0.39, 0.29) is 5.75 Å². The Morgan fingerprint density at radius 2 is 1.71 bits per heavy atom. The van der Waals surface area contributed by atoms with Crippen molar-refractivity contribution in [3.05, 3.63) is 71.3 Å². The number of benzene rings is 2. The molecule has 0 amide bonds. The van der Waals surface area contributed by atoms with Gasteiger partial charge in [0.15, 0.2) is 0 Å². The van der Waals surface area contributed by atoms with Crippen molar-refractivity contribution < 1.29 is 5.11 Å². The lowest BCUT2D eigenvalue weighted by molar-refractivity contribution is 0.104. The van der Waals surface area contributed by atoms with E-state index < -0.39 is 0 Å². The minimum atomic E-state index is 0.264. The second-order valence-electron chi connectivity index (χ2n) is 5.99. The predicted molar refractivity (Wildman–Crippen MR) is 98.6 cm³/mol. The van der Waals surface area contributed by atoms with Gasteiger partial charge in [0.2, 0.25) is 0 Å². The lowest BCUT2D eigenvalue weighted by atomic mass is 10.2. The third kappa shape index (κ3) is 4.29. The molecule has 1 aliphatic rings. The molecular weight excluding hydrogens is 322 g/mol. The summed E-state index contributed by atoms with van der Waals surface area (Å²) in [6.07, 6.45) is 0. The quantitative estimate of drug-likeness (QED) is 0.873. The minimum Gasteiger partial charge on any atom is -0.508 e. The molecule has 1 aliphatic heterocycles. The number of hydrogen-bond donors (Lipinski definition) is 2. The van der Waals surface area contributed by atoms with Gasteiger partial charge in [-0.2, -0.15) is 0 Å². The fraction of sp³-hybridized carbons (Fsp3) is 0.263. The Morgan fingerprint density at radius 3 is 2.38 bits per heavy atom. The molecule has 126 valence electrons. The first-order valence-electron chi connectivity index (χ1n) is 8.07. The maximum absolute atomic E-state index is 9.35. The zero-order valence-corrected chi connectivity index (χ0v) is 14.3. The van der Waals surface area contributed by atoms with Crippen LogP contribution in [0.5, 0.6) is 5.75 Å². The van der Waals surface area contributed by atoms with E-state index in [1.165, 1.54) is 5.56 Å². The third-order valence-electron chi connectivity index (χ3n) is 4.23. The van der Waals surface area contributed by atoms with E-state index >= 15 is 0 Å². The molecule has 0 atom stereocenters. The van der Waals surface area contributed by atoms with Crippen LogP contribution in [0.4, 0.5) is 0 Å². The van der Waals surface area contributed by atoms with Crippen molar-refractivity contribution in [3.8, 4) is 5.75 Å². The van der Waals surface area contributed by atoms with Crippen molar-refractivity contribution in [2.24, 2.45) is 0 Å². The summed E-state index contributed by atoms with van der Waals surface area (Å²) in [6.45, 7) is 8.75. The summed E-state index contributed by atoms with van der Waals surface area (Å²) < 4.78 is 0. The molecule has 0 spiro atoms. The number of phenolic OH excluding ortho intramolecular Hbond substituents is 1. The number of piperazine rings is 1. The third-order valence-corrected chi connectivity index (χ3v) is 4.60. The number of hydrazine groups is 1. The van der Waals surface area contributed by atoms with Crippen LogP contribution in [0.1, 0.15) is 11.1 Å². The molecular formula is C19H22ClN3O. The minimum absolute atomic E-state index is 0.264. The van der Waals surface area contributed by atoms with E-state index in [0.29, 0.717) is 0 Å². The predicted octanol–water partition coefficient (Wildman–Crippen LogP) is 3.34. The Balaban J connectivity index is 1.49. The van der Waals surface area contributed by atoms with Gasteiger partial charge in [-0.3, -0.25) is 4.90 Å². The summed E-state index contributed by atoms with van der Waals surface area (Å²) in [7, 11) is 0. The van der Waals surface area contributed by atoms with Gasteiger partial charge in [-0.25, -0.2) is 5.01 Å². The molecule has 1 fully saturated rings. The van der Waals surface area contributed by atoms with Crippen molar-refractivity contribution in [1.29, 1.82) is 0 Å². The number of halogens is 1. The fourth-order valence-electron chi connectivity index (χ4n) is 2.80. The van der Waals surface area contributed by atoms with Gasteiger partial charge in [0.25, 0.3) is 0 Å². The molecule has 0 aromatic heterocycles. The molecule has 0 aliphatic carbocycles. The number of rotatable bonds is 5. The number of hydrogen-bond acceptors (Lipinski definition) is 4. The number of nitrogens with zero attached hydrogens (tertiary/aromatic N) is 2. The smallest absolute Gasteiger partial charge is 0.115 e. The second kappa shape index (κ2) is 7.71. The van der Waals surface area contributed by atoms with Crippen molar-refractivity contribution in [2.75, 3.05) is 26.2 Å². The van der Waals surface area contributed by atoms with Crippen molar-refractivity contribution in [1.82, 2.24) is 15.3 Å². The first kappa shape index (κ1) is 16.8. The van der Waals surface area contributed by atoms with Crippen LogP contribution < -0.4 is 5.43 Å². The molecule has 0 unspecified atom stereocenters. The lowest BCUT2D eigenvalue weighted by Crippen LogP contribution is -2.50. The summed E-state index contributed by atoms with van der Waals surface area (Å²) in [5, 5.41) is 12.4. The van der Waals surface area contributed by atoms with Gasteiger partial charge in [-0.15, -0.1) is 0 Å². The topological polar surface area (TPSA) is 38.7 Å². The van der Waals surface area contributed by atoms with E-state index in [0.717, 1.165) is 49.0 Å². The van der Waals surface area contributed by atoms with Crippen molar-refractivity contribution >= 4 is 17.3 Å². The summed E-state index contributed by atoms with van der Waals surface area (Å²) >= 11 is 6.24. The molecule has 1 saturated heterocycles. The zero-order valence-electron chi connectivity index (χ0n) is 13.6. The highest BCUT2D eigenvalue weighted by molar-refractivity contribution is 6.31. The Labute approximate surface area is 147 Å². The van der Waals surface area contributed by atoms with Gasteiger partial charge in [-0.05, 0) is 41.5 Å². The summed E-state index contributed by atoms with van der Waals surface area (Å²) in [4.78, 5) is 2.41. The zero-order chi connectivity index (χ0) is 16.9. The molecule has 2 aromatic carbocycles. The molecule has 5 heteroatoms. The highest BCUT2D eigenvalue weighted by Gasteiger charge is 2.18. The molecule has 0 bridgehead atoms. The first-order valence-corrected chi connectivity index (χ1v) is 8.45. The molecule has 2 N–H and O–H groups in total. The standard InChI is InChI=1S/C19H22ClN3O/c1-15(16-6-8-18(24)9-7-16)21-23-12-10-22(11-13-23)14-17-4-2-3-5-19(17)20/h2-9,21,24H,1,10-14H2. The first-order chi connectivity index (χ1) is 11.6. The average molecular weight is 344 g/mol. The van der Waals surface area contributed by atoms with Gasteiger partial charge < -0.3 is 10.5 Å². The molecule has 24 heavy (non-hydrogen) atoms. The largest absolute Gasteiger partial charge is 0.508 e. The average Bonchev–Trinajstić information content (AvgIpc) is 2.59. The molecule has 2 aromatic rings. The number of phenols is 1. The molecule has 3 rings (SSSR count). The van der Waals surface area contributed by atoms with Crippen molar-refractivity contribution in [2.45, 2.75) is 6.54 Å². The number of aromatic hydroxyl groups is 1. The highest BCUT2D eigenvalue weighted by Crippen LogP contribution is 2.18. The van der Waals surface area contributed by atoms with Crippen LogP contribution in [0, 0.1) is 0 Å². The maximum atomic E-state index is 9.35. The van der Waals surface area contributed by atoms with E-state index in [1.807, 2.05) is 30.3 Å². The Morgan fingerprint density at radius 1 is 1.04 bits per heavy atom. The van der Waals surface area contributed by atoms with E-state index in [9.17, 15) is 5.11 Å². The van der Waals surface area contributed by atoms with Crippen molar-refractivity contribution in [3.63, 3.8) is 0 Å². The molecule has 4 nitrogen and oxygen atoms in total. The Hall–Kier alpha value is -2.01. The van der Waals surface area contributed by atoms with Gasteiger partial charge in [0.05, 0.1) is 0 Å². The summed E-state index contributed by atoms with van der Waals surface area (Å²) in [6, 6.07) is 15.1. The van der Waals surface area contributed by atoms with E-state index in [1.54, 1.807) is 12.1 Å². The van der Waals surface area contributed by atoms with Crippen LogP contribution in [-0.4, -0.2) is 41.2 Å². The van der Waals surface area contributed by atoms with E-state index in [2.05, 4.69) is 28.0 Å². The molecule has 0 radical (unpaired) electrons. The lowest BCUT2D eigenvalue weighted by Gasteiger charge is -2.35. The fourth-order valence-corrected chi connectivity index (χ4v) is 3.00. The van der Waals surface area contributed by atoms with Gasteiger partial charge in [0, 0.05) is 43.4 Å². The SMILES string of the molecule is C=C(NN1CCN(Cc2ccccc2Cl)CC1)c1ccc(O)cc1.